The average Bonchev–Trinajstić information content (AvgIpc) is 2.46. The Morgan fingerprint density at radius 1 is 1.50 bits per heavy atom. The average molecular weight is 212 g/mol. The largest absolute Gasteiger partial charge is 0.366 e. The van der Waals surface area contributed by atoms with E-state index in [2.05, 4.69) is 44.2 Å². The summed E-state index contributed by atoms with van der Waals surface area (Å²) in [6, 6.07) is 2.16. The van der Waals surface area contributed by atoms with Gasteiger partial charge in [-0.1, -0.05) is 0 Å². The highest BCUT2D eigenvalue weighted by Crippen LogP contribution is 2.26. The van der Waals surface area contributed by atoms with Gasteiger partial charge in [-0.15, -0.1) is 11.3 Å². The molecule has 0 aliphatic heterocycles. The van der Waals surface area contributed by atoms with Crippen molar-refractivity contribution in [1.82, 2.24) is 0 Å². The zero-order valence-corrected chi connectivity index (χ0v) is 10.3. The first kappa shape index (κ1) is 11.5. The van der Waals surface area contributed by atoms with Crippen LogP contribution in [0.25, 0.3) is 0 Å². The second-order valence-electron chi connectivity index (χ2n) is 4.57. The molecule has 0 atom stereocenters. The first-order valence-corrected chi connectivity index (χ1v) is 5.82. The van der Waals surface area contributed by atoms with Crippen molar-refractivity contribution in [1.29, 1.82) is 0 Å². The Balaban J connectivity index is 2.51. The first-order valence-electron chi connectivity index (χ1n) is 4.94. The zero-order chi connectivity index (χ0) is 10.8. The zero-order valence-electron chi connectivity index (χ0n) is 9.50. The van der Waals surface area contributed by atoms with Crippen LogP contribution in [0, 0.1) is 6.92 Å². The molecule has 2 nitrogen and oxygen atoms in total. The van der Waals surface area contributed by atoms with Crippen LogP contribution in [0.3, 0.4) is 0 Å². The summed E-state index contributed by atoms with van der Waals surface area (Å²) in [5.41, 5.74) is 7.24. The second kappa shape index (κ2) is 4.32. The van der Waals surface area contributed by atoms with Crippen LogP contribution >= 0.6 is 11.3 Å². The maximum absolute atomic E-state index is 5.95. The minimum atomic E-state index is -0.0700. The summed E-state index contributed by atoms with van der Waals surface area (Å²) in [5, 5.41) is 3.49. The Morgan fingerprint density at radius 3 is 2.57 bits per heavy atom. The lowest BCUT2D eigenvalue weighted by molar-refractivity contribution is 0.479. The standard InChI is InChI=1S/C11H20N2S/c1-9-5-8-14-10(9)13(4)7-6-11(2,3)12/h5,8H,6-7,12H2,1-4H3. The fraction of sp³-hybridized carbons (Fsp3) is 0.636. The Kier molecular flexibility index (Phi) is 3.56. The van der Waals surface area contributed by atoms with Crippen molar-refractivity contribution in [2.75, 3.05) is 18.5 Å². The van der Waals surface area contributed by atoms with E-state index in [1.807, 2.05) is 0 Å². The lowest BCUT2D eigenvalue weighted by atomic mass is 10.0. The number of aryl methyl sites for hydroxylation is 1. The summed E-state index contributed by atoms with van der Waals surface area (Å²) in [7, 11) is 2.13. The molecule has 0 radical (unpaired) electrons. The van der Waals surface area contributed by atoms with Crippen molar-refractivity contribution in [2.45, 2.75) is 32.7 Å². The molecule has 1 heterocycles. The van der Waals surface area contributed by atoms with Crippen LogP contribution < -0.4 is 10.6 Å². The first-order chi connectivity index (χ1) is 6.40. The number of nitrogens with zero attached hydrogens (tertiary/aromatic N) is 1. The Labute approximate surface area is 90.7 Å². The summed E-state index contributed by atoms with van der Waals surface area (Å²) >= 11 is 1.79. The number of nitrogens with two attached hydrogens (primary N) is 1. The van der Waals surface area contributed by atoms with Crippen LogP contribution in [0.4, 0.5) is 5.00 Å². The molecular formula is C11H20N2S. The normalized spacial score (nSPS) is 11.8. The lowest BCUT2D eigenvalue weighted by Crippen LogP contribution is -2.36. The molecule has 80 valence electrons. The number of hydrogen-bond donors (Lipinski definition) is 1. The van der Waals surface area contributed by atoms with E-state index in [0.717, 1.165) is 13.0 Å². The molecule has 0 saturated heterocycles. The van der Waals surface area contributed by atoms with E-state index in [-0.39, 0.29) is 5.54 Å². The van der Waals surface area contributed by atoms with E-state index in [4.69, 9.17) is 5.73 Å². The van der Waals surface area contributed by atoms with Crippen molar-refractivity contribution in [3.8, 4) is 0 Å². The van der Waals surface area contributed by atoms with Gasteiger partial charge >= 0.3 is 0 Å². The lowest BCUT2D eigenvalue weighted by Gasteiger charge is -2.24. The molecule has 0 aliphatic carbocycles. The SMILES string of the molecule is Cc1ccsc1N(C)CCC(C)(C)N. The molecule has 1 aromatic rings. The van der Waals surface area contributed by atoms with Crippen LogP contribution in [0.2, 0.25) is 0 Å². The summed E-state index contributed by atoms with van der Waals surface area (Å²) in [4.78, 5) is 2.29. The van der Waals surface area contributed by atoms with Crippen LogP contribution in [0.5, 0.6) is 0 Å². The molecule has 0 bridgehead atoms. The summed E-state index contributed by atoms with van der Waals surface area (Å²) in [6.45, 7) is 7.31. The van der Waals surface area contributed by atoms with Gasteiger partial charge in [-0.2, -0.15) is 0 Å². The van der Waals surface area contributed by atoms with Gasteiger partial charge in [-0.25, -0.2) is 0 Å². The monoisotopic (exact) mass is 212 g/mol. The van der Waals surface area contributed by atoms with Crippen LogP contribution in [0.15, 0.2) is 11.4 Å². The van der Waals surface area contributed by atoms with Gasteiger partial charge in [0.25, 0.3) is 0 Å². The molecule has 0 saturated carbocycles. The highest BCUT2D eigenvalue weighted by Gasteiger charge is 2.13. The third-order valence-corrected chi connectivity index (χ3v) is 3.40. The van der Waals surface area contributed by atoms with Gasteiger partial charge in [0.15, 0.2) is 0 Å². The predicted octanol–water partition coefficient (Wildman–Crippen LogP) is 2.62. The minimum Gasteiger partial charge on any atom is -0.366 e. The number of anilines is 1. The second-order valence-corrected chi connectivity index (χ2v) is 5.46. The molecule has 0 spiro atoms. The van der Waals surface area contributed by atoms with E-state index in [9.17, 15) is 0 Å². The van der Waals surface area contributed by atoms with Crippen molar-refractivity contribution in [2.24, 2.45) is 5.73 Å². The fourth-order valence-electron chi connectivity index (χ4n) is 1.31. The smallest absolute Gasteiger partial charge is 0.0935 e. The summed E-state index contributed by atoms with van der Waals surface area (Å²) in [5.74, 6) is 0. The van der Waals surface area contributed by atoms with E-state index >= 15 is 0 Å². The van der Waals surface area contributed by atoms with Gasteiger partial charge in [-0.05, 0) is 44.2 Å². The Hall–Kier alpha value is -0.540. The summed E-state index contributed by atoms with van der Waals surface area (Å²) in [6.07, 6.45) is 1.01. The van der Waals surface area contributed by atoms with Crippen molar-refractivity contribution in [3.63, 3.8) is 0 Å². The van der Waals surface area contributed by atoms with Crippen molar-refractivity contribution in [3.05, 3.63) is 17.0 Å². The molecule has 1 aromatic heterocycles. The van der Waals surface area contributed by atoms with Gasteiger partial charge in [0.2, 0.25) is 0 Å². The van der Waals surface area contributed by atoms with Crippen LogP contribution in [0.1, 0.15) is 25.8 Å². The third kappa shape index (κ3) is 3.31. The topological polar surface area (TPSA) is 29.3 Å². The van der Waals surface area contributed by atoms with Gasteiger partial charge in [-0.3, -0.25) is 0 Å². The molecule has 0 unspecified atom stereocenters. The van der Waals surface area contributed by atoms with E-state index in [1.54, 1.807) is 11.3 Å². The summed E-state index contributed by atoms with van der Waals surface area (Å²) < 4.78 is 0. The van der Waals surface area contributed by atoms with E-state index < -0.39 is 0 Å². The number of hydrogen-bond acceptors (Lipinski definition) is 3. The van der Waals surface area contributed by atoms with Crippen LogP contribution in [-0.4, -0.2) is 19.1 Å². The minimum absolute atomic E-state index is 0.0700. The molecule has 0 aromatic carbocycles. The predicted molar refractivity (Wildman–Crippen MR) is 65.2 cm³/mol. The van der Waals surface area contributed by atoms with Gasteiger partial charge in [0, 0.05) is 19.1 Å². The highest BCUT2D eigenvalue weighted by molar-refractivity contribution is 7.14. The number of rotatable bonds is 4. The molecule has 0 fully saturated rings. The van der Waals surface area contributed by atoms with Gasteiger partial charge < -0.3 is 10.6 Å². The molecule has 14 heavy (non-hydrogen) atoms. The fourth-order valence-corrected chi connectivity index (χ4v) is 2.24. The quantitative estimate of drug-likeness (QED) is 0.831. The maximum Gasteiger partial charge on any atom is 0.0935 e. The van der Waals surface area contributed by atoms with Crippen molar-refractivity contribution < 1.29 is 0 Å². The molecule has 0 amide bonds. The van der Waals surface area contributed by atoms with Crippen LogP contribution in [-0.2, 0) is 0 Å². The van der Waals surface area contributed by atoms with Crippen molar-refractivity contribution >= 4 is 16.3 Å². The Bertz CT molecular complexity index is 286. The molecule has 1 rings (SSSR count). The molecule has 0 aliphatic rings. The van der Waals surface area contributed by atoms with Gasteiger partial charge in [0.1, 0.15) is 0 Å². The molecule has 3 heteroatoms. The van der Waals surface area contributed by atoms with E-state index in [1.165, 1.54) is 10.6 Å². The Morgan fingerprint density at radius 2 is 2.14 bits per heavy atom. The van der Waals surface area contributed by atoms with E-state index in [0.29, 0.717) is 0 Å². The third-order valence-electron chi connectivity index (χ3n) is 2.27. The molecular weight excluding hydrogens is 192 g/mol. The highest BCUT2D eigenvalue weighted by atomic mass is 32.1. The molecule has 2 N–H and O–H groups in total. The van der Waals surface area contributed by atoms with Gasteiger partial charge in [0.05, 0.1) is 5.00 Å². The number of thiophene rings is 1. The maximum atomic E-state index is 5.95.